The van der Waals surface area contributed by atoms with Crippen molar-refractivity contribution in [3.05, 3.63) is 58.5 Å². The molecular weight excluding hydrogens is 279 g/mol. The second-order valence-corrected chi connectivity index (χ2v) is 4.52. The van der Waals surface area contributed by atoms with Gasteiger partial charge in [-0.25, -0.2) is 0 Å². The van der Waals surface area contributed by atoms with Gasteiger partial charge in [0.15, 0.2) is 5.22 Å². The fourth-order valence-corrected chi connectivity index (χ4v) is 1.91. The Bertz CT molecular complexity index is 565. The van der Waals surface area contributed by atoms with Crippen LogP contribution in [-0.2, 0) is 12.6 Å². The zero-order valence-electron chi connectivity index (χ0n) is 9.75. The molecule has 0 spiro atoms. The Hall–Kier alpha value is -1.46. The first-order chi connectivity index (χ1) is 8.86. The fraction of sp³-hybridized carbons (Fsp3) is 0.231. The maximum absolute atomic E-state index is 12.6. The minimum absolute atomic E-state index is 0.203. The number of alkyl halides is 3. The molecule has 2 aromatic rings. The Morgan fingerprint density at radius 2 is 1.95 bits per heavy atom. The van der Waals surface area contributed by atoms with Crippen LogP contribution in [0.4, 0.5) is 13.2 Å². The molecule has 1 atom stereocenters. The van der Waals surface area contributed by atoms with Gasteiger partial charge >= 0.3 is 6.18 Å². The summed E-state index contributed by atoms with van der Waals surface area (Å²) in [6, 6.07) is 7.70. The lowest BCUT2D eigenvalue weighted by Crippen LogP contribution is -2.13. The first kappa shape index (κ1) is 14.0. The molecule has 102 valence electrons. The average molecular weight is 290 g/mol. The van der Waals surface area contributed by atoms with Crippen LogP contribution in [0.5, 0.6) is 0 Å². The number of hydrogen-bond donors (Lipinski definition) is 1. The van der Waals surface area contributed by atoms with Gasteiger partial charge in [0.2, 0.25) is 0 Å². The third-order valence-corrected chi connectivity index (χ3v) is 2.87. The minimum Gasteiger partial charge on any atom is -0.448 e. The molecular formula is C13H11ClF3NO. The van der Waals surface area contributed by atoms with Gasteiger partial charge in [-0.15, -0.1) is 0 Å². The predicted molar refractivity (Wildman–Crippen MR) is 65.8 cm³/mol. The first-order valence-electron chi connectivity index (χ1n) is 5.53. The van der Waals surface area contributed by atoms with Crippen molar-refractivity contribution < 1.29 is 17.6 Å². The zero-order chi connectivity index (χ0) is 14.0. The molecule has 2 nitrogen and oxygen atoms in total. The Kier molecular flexibility index (Phi) is 3.87. The lowest BCUT2D eigenvalue weighted by molar-refractivity contribution is -0.137. The lowest BCUT2D eigenvalue weighted by Gasteiger charge is -2.11. The third-order valence-electron chi connectivity index (χ3n) is 2.67. The van der Waals surface area contributed by atoms with Crippen molar-refractivity contribution >= 4 is 11.6 Å². The van der Waals surface area contributed by atoms with Gasteiger partial charge in [0.25, 0.3) is 0 Å². The molecule has 0 aliphatic rings. The Morgan fingerprint density at radius 3 is 2.53 bits per heavy atom. The van der Waals surface area contributed by atoms with Crippen LogP contribution in [0.2, 0.25) is 5.22 Å². The van der Waals surface area contributed by atoms with Crippen molar-refractivity contribution in [2.75, 3.05) is 0 Å². The standard InChI is InChI=1S/C13H11ClF3NO/c14-12-5-4-11(19-12)10(18)7-8-2-1-3-9(6-8)13(15,16)17/h1-6,10H,7,18H2. The smallest absolute Gasteiger partial charge is 0.416 e. The van der Waals surface area contributed by atoms with Crippen LogP contribution in [0.3, 0.4) is 0 Å². The highest BCUT2D eigenvalue weighted by atomic mass is 35.5. The summed E-state index contributed by atoms with van der Waals surface area (Å²) in [5.74, 6) is 0.447. The molecule has 0 saturated heterocycles. The molecule has 1 aromatic carbocycles. The van der Waals surface area contributed by atoms with E-state index < -0.39 is 17.8 Å². The Balaban J connectivity index is 2.15. The van der Waals surface area contributed by atoms with Crippen LogP contribution >= 0.6 is 11.6 Å². The van der Waals surface area contributed by atoms with Gasteiger partial charge in [0.05, 0.1) is 11.6 Å². The molecule has 0 fully saturated rings. The SMILES string of the molecule is NC(Cc1cccc(C(F)(F)F)c1)c1ccc(Cl)o1. The van der Waals surface area contributed by atoms with Crippen LogP contribution in [0.15, 0.2) is 40.8 Å². The second-order valence-electron chi connectivity index (χ2n) is 4.15. The van der Waals surface area contributed by atoms with Gasteiger partial charge in [-0.05, 0) is 41.8 Å². The van der Waals surface area contributed by atoms with Gasteiger partial charge in [-0.1, -0.05) is 18.2 Å². The summed E-state index contributed by atoms with van der Waals surface area (Å²) in [6.45, 7) is 0. The molecule has 0 amide bonds. The zero-order valence-corrected chi connectivity index (χ0v) is 10.5. The largest absolute Gasteiger partial charge is 0.448 e. The van der Waals surface area contributed by atoms with Gasteiger partial charge in [-0.2, -0.15) is 13.2 Å². The highest BCUT2D eigenvalue weighted by Gasteiger charge is 2.30. The third kappa shape index (κ3) is 3.52. The topological polar surface area (TPSA) is 39.2 Å². The van der Waals surface area contributed by atoms with Gasteiger partial charge in [0.1, 0.15) is 5.76 Å². The van der Waals surface area contributed by atoms with Crippen molar-refractivity contribution in [1.82, 2.24) is 0 Å². The molecule has 0 bridgehead atoms. The van der Waals surface area contributed by atoms with Gasteiger partial charge < -0.3 is 10.2 Å². The molecule has 2 rings (SSSR count). The monoisotopic (exact) mass is 289 g/mol. The van der Waals surface area contributed by atoms with E-state index in [0.29, 0.717) is 11.3 Å². The number of nitrogens with two attached hydrogens (primary N) is 1. The van der Waals surface area contributed by atoms with E-state index >= 15 is 0 Å². The Labute approximate surface area is 113 Å². The van der Waals surface area contributed by atoms with E-state index in [1.54, 1.807) is 18.2 Å². The van der Waals surface area contributed by atoms with E-state index in [9.17, 15) is 13.2 Å². The van der Waals surface area contributed by atoms with E-state index in [1.807, 2.05) is 0 Å². The summed E-state index contributed by atoms with van der Waals surface area (Å²) < 4.78 is 42.8. The van der Waals surface area contributed by atoms with Gasteiger partial charge in [-0.3, -0.25) is 0 Å². The predicted octanol–water partition coefficient (Wildman–Crippen LogP) is 4.19. The quantitative estimate of drug-likeness (QED) is 0.920. The lowest BCUT2D eigenvalue weighted by atomic mass is 10.0. The summed E-state index contributed by atoms with van der Waals surface area (Å²) in [5.41, 5.74) is 5.68. The molecule has 1 aromatic heterocycles. The van der Waals surface area contributed by atoms with Crippen molar-refractivity contribution in [2.45, 2.75) is 18.6 Å². The van der Waals surface area contributed by atoms with E-state index in [0.717, 1.165) is 12.1 Å². The van der Waals surface area contributed by atoms with Crippen LogP contribution in [-0.4, -0.2) is 0 Å². The second kappa shape index (κ2) is 5.27. The highest BCUT2D eigenvalue weighted by molar-refractivity contribution is 6.28. The number of halogens is 4. The summed E-state index contributed by atoms with van der Waals surface area (Å²) in [6.07, 6.45) is -4.11. The van der Waals surface area contributed by atoms with E-state index in [4.69, 9.17) is 21.8 Å². The molecule has 1 unspecified atom stereocenters. The van der Waals surface area contributed by atoms with E-state index in [1.165, 1.54) is 6.07 Å². The van der Waals surface area contributed by atoms with Crippen molar-refractivity contribution in [3.63, 3.8) is 0 Å². The van der Waals surface area contributed by atoms with Gasteiger partial charge in [0, 0.05) is 0 Å². The normalized spacial score (nSPS) is 13.5. The molecule has 0 aliphatic heterocycles. The number of hydrogen-bond acceptors (Lipinski definition) is 2. The van der Waals surface area contributed by atoms with E-state index in [-0.39, 0.29) is 11.6 Å². The van der Waals surface area contributed by atoms with Crippen LogP contribution < -0.4 is 5.73 Å². The highest BCUT2D eigenvalue weighted by Crippen LogP contribution is 2.30. The van der Waals surface area contributed by atoms with Crippen molar-refractivity contribution in [2.24, 2.45) is 5.73 Å². The summed E-state index contributed by atoms with van der Waals surface area (Å²) in [7, 11) is 0. The molecule has 6 heteroatoms. The maximum atomic E-state index is 12.6. The molecule has 0 aliphatic carbocycles. The summed E-state index contributed by atoms with van der Waals surface area (Å²) in [5, 5.41) is 0.203. The molecule has 2 N–H and O–H groups in total. The Morgan fingerprint density at radius 1 is 1.21 bits per heavy atom. The van der Waals surface area contributed by atoms with Crippen LogP contribution in [0, 0.1) is 0 Å². The number of furan rings is 1. The van der Waals surface area contributed by atoms with Crippen molar-refractivity contribution in [1.29, 1.82) is 0 Å². The summed E-state index contributed by atoms with van der Waals surface area (Å²) >= 11 is 5.62. The average Bonchev–Trinajstić information content (AvgIpc) is 2.75. The van der Waals surface area contributed by atoms with E-state index in [2.05, 4.69) is 0 Å². The number of benzene rings is 1. The fourth-order valence-electron chi connectivity index (χ4n) is 1.76. The maximum Gasteiger partial charge on any atom is 0.416 e. The van der Waals surface area contributed by atoms with Crippen LogP contribution in [0.25, 0.3) is 0 Å². The number of rotatable bonds is 3. The summed E-state index contributed by atoms with van der Waals surface area (Å²) in [4.78, 5) is 0. The molecule has 19 heavy (non-hydrogen) atoms. The molecule has 0 saturated carbocycles. The molecule has 0 radical (unpaired) electrons. The van der Waals surface area contributed by atoms with Crippen LogP contribution in [0.1, 0.15) is 22.9 Å². The minimum atomic E-state index is -4.35. The molecule has 1 heterocycles. The first-order valence-corrected chi connectivity index (χ1v) is 5.91. The van der Waals surface area contributed by atoms with Crippen molar-refractivity contribution in [3.8, 4) is 0 Å².